The van der Waals surface area contributed by atoms with Crippen LogP contribution in [0.5, 0.6) is 0 Å². The highest BCUT2D eigenvalue weighted by molar-refractivity contribution is 9.10. The Kier molecular flexibility index (Phi) is 4.47. The Balaban J connectivity index is 2.36. The molecule has 0 unspecified atom stereocenters. The summed E-state index contributed by atoms with van der Waals surface area (Å²) in [5.74, 6) is -0.456. The van der Waals surface area contributed by atoms with E-state index in [1.807, 2.05) is 6.92 Å². The second kappa shape index (κ2) is 6.44. The fourth-order valence-electron chi connectivity index (χ4n) is 2.70. The van der Waals surface area contributed by atoms with Crippen molar-refractivity contribution in [1.82, 2.24) is 14.1 Å². The summed E-state index contributed by atoms with van der Waals surface area (Å²) >= 11 is 3.22. The molecular formula is C17H16BrFN4O2. The van der Waals surface area contributed by atoms with Gasteiger partial charge in [-0.25, -0.2) is 14.2 Å². The van der Waals surface area contributed by atoms with E-state index in [0.717, 1.165) is 10.1 Å². The van der Waals surface area contributed by atoms with E-state index in [2.05, 4.69) is 26.2 Å². The van der Waals surface area contributed by atoms with Crippen LogP contribution in [-0.4, -0.2) is 14.1 Å². The lowest BCUT2D eigenvalue weighted by Crippen LogP contribution is -2.37. The second-order valence-corrected chi connectivity index (χ2v) is 6.58. The van der Waals surface area contributed by atoms with Crippen LogP contribution in [0.2, 0.25) is 0 Å². The quantitative estimate of drug-likeness (QED) is 0.725. The van der Waals surface area contributed by atoms with E-state index in [9.17, 15) is 14.0 Å². The molecule has 0 radical (unpaired) electrons. The molecule has 0 saturated carbocycles. The van der Waals surface area contributed by atoms with Crippen LogP contribution in [0.15, 0.2) is 38.5 Å². The molecule has 0 aliphatic carbocycles. The summed E-state index contributed by atoms with van der Waals surface area (Å²) in [5.41, 5.74) is 0.776. The minimum absolute atomic E-state index is 0.237. The number of aryl methyl sites for hydroxylation is 2. The minimum atomic E-state index is -0.471. The van der Waals surface area contributed by atoms with E-state index in [4.69, 9.17) is 0 Å². The third-order valence-corrected chi connectivity index (χ3v) is 4.61. The van der Waals surface area contributed by atoms with Gasteiger partial charge >= 0.3 is 5.69 Å². The Morgan fingerprint density at radius 3 is 2.60 bits per heavy atom. The van der Waals surface area contributed by atoms with Crippen molar-refractivity contribution in [3.8, 4) is 0 Å². The maximum absolute atomic E-state index is 14.2. The molecule has 0 amide bonds. The Morgan fingerprint density at radius 2 is 1.96 bits per heavy atom. The normalized spacial score (nSPS) is 11.1. The van der Waals surface area contributed by atoms with Gasteiger partial charge in [0.1, 0.15) is 11.2 Å². The fraction of sp³-hybridized carbons (Fsp3) is 0.235. The summed E-state index contributed by atoms with van der Waals surface area (Å²) in [7, 11) is 2.96. The summed E-state index contributed by atoms with van der Waals surface area (Å²) < 4.78 is 17.2. The Hall–Kier alpha value is -2.48. The van der Waals surface area contributed by atoms with Crippen LogP contribution in [-0.2, 0) is 20.5 Å². The lowest BCUT2D eigenvalue weighted by Gasteiger charge is -2.16. The third-order valence-electron chi connectivity index (χ3n) is 4.12. The van der Waals surface area contributed by atoms with Gasteiger partial charge in [-0.3, -0.25) is 13.9 Å². The number of hydrogen-bond donors (Lipinski definition) is 1. The number of hydrogen-bond acceptors (Lipinski definition) is 4. The maximum atomic E-state index is 14.2. The Bertz CT molecular complexity index is 1100. The van der Waals surface area contributed by atoms with Gasteiger partial charge < -0.3 is 5.32 Å². The van der Waals surface area contributed by atoms with Crippen LogP contribution in [0.4, 0.5) is 15.8 Å². The number of rotatable bonds is 3. The van der Waals surface area contributed by atoms with Gasteiger partial charge in [-0.05, 0) is 30.2 Å². The summed E-state index contributed by atoms with van der Waals surface area (Å²) in [5, 5.41) is 3.27. The number of anilines is 2. The van der Waals surface area contributed by atoms with Crippen molar-refractivity contribution in [3.63, 3.8) is 0 Å². The maximum Gasteiger partial charge on any atom is 0.332 e. The van der Waals surface area contributed by atoms with Gasteiger partial charge in [0.2, 0.25) is 0 Å². The van der Waals surface area contributed by atoms with E-state index in [-0.39, 0.29) is 16.7 Å². The Labute approximate surface area is 151 Å². The van der Waals surface area contributed by atoms with Gasteiger partial charge in [-0.15, -0.1) is 0 Å². The SMILES string of the molecule is CCc1cnc2c(c1Nc1ccc(Br)cc1F)c(=O)n(C)c(=O)n2C. The number of nitrogens with one attached hydrogen (secondary N) is 1. The van der Waals surface area contributed by atoms with E-state index in [0.29, 0.717) is 16.6 Å². The van der Waals surface area contributed by atoms with Crippen LogP contribution in [0.25, 0.3) is 11.0 Å². The van der Waals surface area contributed by atoms with Gasteiger partial charge in [-0.1, -0.05) is 22.9 Å². The minimum Gasteiger partial charge on any atom is -0.352 e. The molecule has 130 valence electrons. The zero-order valence-electron chi connectivity index (χ0n) is 13.9. The second-order valence-electron chi connectivity index (χ2n) is 5.67. The number of pyridine rings is 1. The highest BCUT2D eigenvalue weighted by atomic mass is 79.9. The zero-order valence-corrected chi connectivity index (χ0v) is 15.5. The third kappa shape index (κ3) is 2.86. The van der Waals surface area contributed by atoms with Crippen LogP contribution >= 0.6 is 15.9 Å². The largest absolute Gasteiger partial charge is 0.352 e. The molecule has 0 aliphatic rings. The lowest BCUT2D eigenvalue weighted by molar-refractivity contribution is 0.631. The topological polar surface area (TPSA) is 68.9 Å². The molecule has 6 nitrogen and oxygen atoms in total. The first kappa shape index (κ1) is 17.3. The molecule has 25 heavy (non-hydrogen) atoms. The van der Waals surface area contributed by atoms with Gasteiger partial charge in [0.05, 0.1) is 11.4 Å². The van der Waals surface area contributed by atoms with E-state index in [1.54, 1.807) is 25.4 Å². The molecule has 0 fully saturated rings. The first-order chi connectivity index (χ1) is 11.8. The molecular weight excluding hydrogens is 391 g/mol. The zero-order chi connectivity index (χ0) is 18.3. The Morgan fingerprint density at radius 1 is 1.24 bits per heavy atom. The first-order valence-electron chi connectivity index (χ1n) is 7.64. The average molecular weight is 407 g/mol. The van der Waals surface area contributed by atoms with Crippen molar-refractivity contribution in [2.45, 2.75) is 13.3 Å². The molecule has 1 N–H and O–H groups in total. The number of nitrogens with zero attached hydrogens (tertiary/aromatic N) is 3. The van der Waals surface area contributed by atoms with Crippen molar-refractivity contribution >= 4 is 38.3 Å². The molecule has 3 aromatic rings. The molecule has 0 saturated heterocycles. The van der Waals surface area contributed by atoms with Gasteiger partial charge in [0.25, 0.3) is 5.56 Å². The van der Waals surface area contributed by atoms with E-state index < -0.39 is 17.1 Å². The molecule has 8 heteroatoms. The average Bonchev–Trinajstić information content (AvgIpc) is 2.59. The van der Waals surface area contributed by atoms with Crippen LogP contribution in [0.1, 0.15) is 12.5 Å². The van der Waals surface area contributed by atoms with Crippen LogP contribution in [0, 0.1) is 5.82 Å². The molecule has 3 rings (SSSR count). The van der Waals surface area contributed by atoms with Gasteiger partial charge in [0, 0.05) is 24.8 Å². The first-order valence-corrected chi connectivity index (χ1v) is 8.44. The summed E-state index contributed by atoms with van der Waals surface area (Å²) in [6, 6.07) is 4.62. The lowest BCUT2D eigenvalue weighted by atomic mass is 10.1. The summed E-state index contributed by atoms with van der Waals surface area (Å²) in [6.07, 6.45) is 2.19. The van der Waals surface area contributed by atoms with Crippen molar-refractivity contribution in [3.05, 3.63) is 61.1 Å². The van der Waals surface area contributed by atoms with Crippen molar-refractivity contribution in [1.29, 1.82) is 0 Å². The highest BCUT2D eigenvalue weighted by Crippen LogP contribution is 2.29. The van der Waals surface area contributed by atoms with Crippen LogP contribution < -0.4 is 16.6 Å². The van der Waals surface area contributed by atoms with Crippen molar-refractivity contribution < 1.29 is 4.39 Å². The molecule has 0 atom stereocenters. The van der Waals surface area contributed by atoms with Crippen molar-refractivity contribution in [2.24, 2.45) is 14.1 Å². The predicted molar refractivity (Wildman–Crippen MR) is 99.0 cm³/mol. The highest BCUT2D eigenvalue weighted by Gasteiger charge is 2.17. The van der Waals surface area contributed by atoms with Crippen LogP contribution in [0.3, 0.4) is 0 Å². The van der Waals surface area contributed by atoms with Crippen molar-refractivity contribution in [2.75, 3.05) is 5.32 Å². The predicted octanol–water partition coefficient (Wildman–Crippen LogP) is 2.84. The molecule has 0 spiro atoms. The fourth-order valence-corrected chi connectivity index (χ4v) is 3.04. The molecule has 0 bridgehead atoms. The van der Waals surface area contributed by atoms with Gasteiger partial charge in [-0.2, -0.15) is 0 Å². The van der Waals surface area contributed by atoms with E-state index in [1.165, 1.54) is 17.7 Å². The monoisotopic (exact) mass is 406 g/mol. The van der Waals surface area contributed by atoms with E-state index >= 15 is 0 Å². The number of fused-ring (bicyclic) bond motifs is 1. The molecule has 2 heterocycles. The number of halogens is 2. The number of benzene rings is 1. The van der Waals surface area contributed by atoms with Gasteiger partial charge in [0.15, 0.2) is 5.65 Å². The molecule has 2 aromatic heterocycles. The molecule has 0 aliphatic heterocycles. The summed E-state index contributed by atoms with van der Waals surface area (Å²) in [4.78, 5) is 29.1. The summed E-state index contributed by atoms with van der Waals surface area (Å²) in [6.45, 7) is 1.92. The number of aromatic nitrogens is 3. The smallest absolute Gasteiger partial charge is 0.332 e. The standard InChI is InChI=1S/C17H16BrFN4O2/c1-4-9-8-20-15-13(16(24)23(3)17(25)22(15)2)14(9)21-12-6-5-10(18)7-11(12)19/h5-8H,4H2,1-3H3,(H,20,21). The molecule has 1 aromatic carbocycles.